The van der Waals surface area contributed by atoms with Crippen LogP contribution in [0.5, 0.6) is 0 Å². The van der Waals surface area contributed by atoms with Gasteiger partial charge in [-0.15, -0.1) is 0 Å². The highest BCUT2D eigenvalue weighted by atomic mass is 14.3. The Hall–Kier alpha value is -1.56. The molecule has 0 nitrogen and oxygen atoms in total. The molecule has 0 bridgehead atoms. The van der Waals surface area contributed by atoms with E-state index < -0.39 is 0 Å². The van der Waals surface area contributed by atoms with Gasteiger partial charge in [0.05, 0.1) is 0 Å². The molecule has 2 aromatic carbocycles. The predicted molar refractivity (Wildman–Crippen MR) is 126 cm³/mol. The van der Waals surface area contributed by atoms with Crippen LogP contribution in [0, 0.1) is 5.92 Å². The summed E-state index contributed by atoms with van der Waals surface area (Å²) in [7, 11) is 0. The van der Waals surface area contributed by atoms with Crippen LogP contribution in [0.3, 0.4) is 0 Å². The average Bonchev–Trinajstić information content (AvgIpc) is 2.78. The van der Waals surface area contributed by atoms with Crippen LogP contribution in [0.1, 0.15) is 111 Å². The Bertz CT molecular complexity index is 761. The maximum Gasteiger partial charge on any atom is -0.0118 e. The third kappa shape index (κ3) is 5.14. The Morgan fingerprint density at radius 2 is 1.45 bits per heavy atom. The lowest BCUT2D eigenvalue weighted by Crippen LogP contribution is -2.14. The van der Waals surface area contributed by atoms with Gasteiger partial charge in [0, 0.05) is 0 Å². The van der Waals surface area contributed by atoms with Crippen molar-refractivity contribution in [1.29, 1.82) is 0 Å². The highest BCUT2D eigenvalue weighted by molar-refractivity contribution is 5.38. The van der Waals surface area contributed by atoms with Gasteiger partial charge in [0.25, 0.3) is 0 Å². The molecule has 1 fully saturated rings. The standard InChI is InChI=1S/C29H40/c1-3-5-7-22-8-11-24(12-9-22)25-14-16-26(17-15-25)28-19-18-27-20-23(6-4-2)10-13-29(27)21-28/h10,13-17,20,22,24,28H,3-9,11-12,18-19,21H2,1-2H3. The lowest BCUT2D eigenvalue weighted by molar-refractivity contribution is 0.304. The molecular formula is C29H40. The van der Waals surface area contributed by atoms with Crippen LogP contribution in [0.25, 0.3) is 0 Å². The molecule has 0 heterocycles. The highest BCUT2D eigenvalue weighted by Gasteiger charge is 2.23. The summed E-state index contributed by atoms with van der Waals surface area (Å²) < 4.78 is 0. The van der Waals surface area contributed by atoms with Crippen molar-refractivity contribution in [1.82, 2.24) is 0 Å². The SMILES string of the molecule is CCCCC1CCC(c2ccc(C3CCc4cc(CCC)ccc4C3)cc2)CC1. The fraction of sp³-hybridized carbons (Fsp3) is 0.586. The van der Waals surface area contributed by atoms with E-state index in [1.807, 2.05) is 0 Å². The zero-order chi connectivity index (χ0) is 20.1. The third-order valence-electron chi connectivity index (χ3n) is 7.73. The Labute approximate surface area is 179 Å². The van der Waals surface area contributed by atoms with E-state index in [4.69, 9.17) is 0 Å². The number of benzene rings is 2. The molecule has 0 amide bonds. The van der Waals surface area contributed by atoms with E-state index in [0.717, 1.165) is 11.8 Å². The molecule has 156 valence electrons. The Kier molecular flexibility index (Phi) is 7.11. The van der Waals surface area contributed by atoms with E-state index in [0.29, 0.717) is 5.92 Å². The van der Waals surface area contributed by atoms with E-state index in [9.17, 15) is 0 Å². The second-order valence-corrected chi connectivity index (χ2v) is 9.82. The minimum absolute atomic E-state index is 0.707. The molecule has 1 saturated carbocycles. The fourth-order valence-electron chi connectivity index (χ4n) is 5.85. The molecule has 29 heavy (non-hydrogen) atoms. The van der Waals surface area contributed by atoms with Crippen molar-refractivity contribution in [3.63, 3.8) is 0 Å². The molecule has 0 spiro atoms. The van der Waals surface area contributed by atoms with Crippen molar-refractivity contribution in [2.24, 2.45) is 5.92 Å². The molecule has 2 aliphatic rings. The zero-order valence-electron chi connectivity index (χ0n) is 18.8. The van der Waals surface area contributed by atoms with E-state index in [1.54, 1.807) is 22.3 Å². The van der Waals surface area contributed by atoms with Gasteiger partial charge in [-0.3, -0.25) is 0 Å². The molecule has 0 saturated heterocycles. The molecular weight excluding hydrogens is 348 g/mol. The quantitative estimate of drug-likeness (QED) is 0.447. The zero-order valence-corrected chi connectivity index (χ0v) is 18.8. The van der Waals surface area contributed by atoms with Gasteiger partial charge in [-0.05, 0) is 96.9 Å². The fourth-order valence-corrected chi connectivity index (χ4v) is 5.85. The maximum atomic E-state index is 2.48. The molecule has 0 N–H and O–H groups in total. The number of unbranched alkanes of at least 4 members (excludes halogenated alkanes) is 1. The van der Waals surface area contributed by atoms with Gasteiger partial charge in [-0.1, -0.05) is 82.0 Å². The summed E-state index contributed by atoms with van der Waals surface area (Å²) in [5.74, 6) is 2.52. The first-order valence-electron chi connectivity index (χ1n) is 12.5. The summed E-state index contributed by atoms with van der Waals surface area (Å²) in [6, 6.07) is 17.1. The lowest BCUT2D eigenvalue weighted by Gasteiger charge is -2.29. The van der Waals surface area contributed by atoms with E-state index in [-0.39, 0.29) is 0 Å². The second kappa shape index (κ2) is 9.96. The number of aryl methyl sites for hydroxylation is 2. The number of hydrogen-bond donors (Lipinski definition) is 0. The molecule has 2 aliphatic carbocycles. The van der Waals surface area contributed by atoms with Crippen LogP contribution >= 0.6 is 0 Å². The largest absolute Gasteiger partial charge is 0.0654 e. The van der Waals surface area contributed by atoms with Crippen LogP contribution in [-0.2, 0) is 19.3 Å². The first-order chi connectivity index (χ1) is 14.3. The van der Waals surface area contributed by atoms with Crippen molar-refractivity contribution < 1.29 is 0 Å². The Morgan fingerprint density at radius 3 is 2.14 bits per heavy atom. The van der Waals surface area contributed by atoms with Gasteiger partial charge in [-0.2, -0.15) is 0 Å². The number of hydrogen-bond acceptors (Lipinski definition) is 0. The van der Waals surface area contributed by atoms with Gasteiger partial charge in [-0.25, -0.2) is 0 Å². The van der Waals surface area contributed by atoms with Gasteiger partial charge >= 0.3 is 0 Å². The maximum absolute atomic E-state index is 2.48. The monoisotopic (exact) mass is 388 g/mol. The van der Waals surface area contributed by atoms with E-state index >= 15 is 0 Å². The minimum atomic E-state index is 0.707. The molecule has 0 radical (unpaired) electrons. The third-order valence-corrected chi connectivity index (χ3v) is 7.73. The average molecular weight is 389 g/mol. The van der Waals surface area contributed by atoms with Crippen molar-refractivity contribution >= 4 is 0 Å². The van der Waals surface area contributed by atoms with Gasteiger partial charge < -0.3 is 0 Å². The summed E-state index contributed by atoms with van der Waals surface area (Å²) in [6.07, 6.45) is 16.2. The first-order valence-corrected chi connectivity index (χ1v) is 12.5. The lowest BCUT2D eigenvalue weighted by atomic mass is 9.76. The Balaban J connectivity index is 1.35. The topological polar surface area (TPSA) is 0 Å². The van der Waals surface area contributed by atoms with Crippen LogP contribution in [0.15, 0.2) is 42.5 Å². The molecule has 1 atom stereocenters. The molecule has 1 unspecified atom stereocenters. The Morgan fingerprint density at radius 1 is 0.724 bits per heavy atom. The van der Waals surface area contributed by atoms with Gasteiger partial charge in [0.2, 0.25) is 0 Å². The van der Waals surface area contributed by atoms with E-state index in [1.165, 1.54) is 82.6 Å². The summed E-state index contributed by atoms with van der Waals surface area (Å²) in [5, 5.41) is 0. The van der Waals surface area contributed by atoms with Crippen molar-refractivity contribution in [2.75, 3.05) is 0 Å². The van der Waals surface area contributed by atoms with Crippen molar-refractivity contribution in [3.05, 3.63) is 70.3 Å². The van der Waals surface area contributed by atoms with Crippen molar-refractivity contribution in [2.45, 2.75) is 103 Å². The normalized spacial score (nSPS) is 24.3. The molecule has 0 heteroatoms. The van der Waals surface area contributed by atoms with Gasteiger partial charge in [0.15, 0.2) is 0 Å². The van der Waals surface area contributed by atoms with Crippen LogP contribution in [-0.4, -0.2) is 0 Å². The summed E-state index contributed by atoms with van der Waals surface area (Å²) in [5.41, 5.74) is 7.90. The smallest absolute Gasteiger partial charge is 0.0118 e. The molecule has 0 aromatic heterocycles. The highest BCUT2D eigenvalue weighted by Crippen LogP contribution is 2.39. The molecule has 2 aromatic rings. The van der Waals surface area contributed by atoms with Gasteiger partial charge in [0.1, 0.15) is 0 Å². The molecule has 4 rings (SSSR count). The minimum Gasteiger partial charge on any atom is -0.0654 e. The van der Waals surface area contributed by atoms with Crippen LogP contribution in [0.2, 0.25) is 0 Å². The predicted octanol–water partition coefficient (Wildman–Crippen LogP) is 8.38. The number of rotatable bonds is 7. The summed E-state index contributed by atoms with van der Waals surface area (Å²) in [4.78, 5) is 0. The molecule has 0 aliphatic heterocycles. The second-order valence-electron chi connectivity index (χ2n) is 9.82. The number of fused-ring (bicyclic) bond motifs is 1. The van der Waals surface area contributed by atoms with Crippen LogP contribution in [0.4, 0.5) is 0 Å². The summed E-state index contributed by atoms with van der Waals surface area (Å²) >= 11 is 0. The first kappa shape index (κ1) is 20.7. The summed E-state index contributed by atoms with van der Waals surface area (Å²) in [6.45, 7) is 4.60. The van der Waals surface area contributed by atoms with Crippen LogP contribution < -0.4 is 0 Å². The van der Waals surface area contributed by atoms with Crippen molar-refractivity contribution in [3.8, 4) is 0 Å². The van der Waals surface area contributed by atoms with E-state index in [2.05, 4.69) is 56.3 Å².